The molecule has 31 heavy (non-hydrogen) atoms. The molecule has 0 N–H and O–H groups in total. The number of nitrogens with zero attached hydrogens (tertiary/aromatic N) is 4. The molecule has 0 radical (unpaired) electrons. The first-order valence-electron chi connectivity index (χ1n) is 11.3. The van der Waals surface area contributed by atoms with Gasteiger partial charge in [0.05, 0.1) is 5.69 Å². The lowest BCUT2D eigenvalue weighted by Crippen LogP contribution is -2.18. The molecule has 5 heterocycles. The van der Waals surface area contributed by atoms with Crippen LogP contribution >= 0.6 is 11.3 Å². The molecule has 1 aliphatic rings. The van der Waals surface area contributed by atoms with E-state index in [0.29, 0.717) is 0 Å². The Morgan fingerprint density at radius 1 is 0.935 bits per heavy atom. The smallest absolute Gasteiger partial charge is 0.128 e. The fourth-order valence-electron chi connectivity index (χ4n) is 3.75. The molecule has 4 aromatic heterocycles. The topological polar surface area (TPSA) is 41.9 Å². The van der Waals surface area contributed by atoms with Gasteiger partial charge < -0.3 is 4.90 Å². The summed E-state index contributed by atoms with van der Waals surface area (Å²) < 4.78 is 0. The molecule has 0 saturated carbocycles. The summed E-state index contributed by atoms with van der Waals surface area (Å²) in [5.41, 5.74) is 3.16. The first kappa shape index (κ1) is 21.4. The molecule has 5 heteroatoms. The van der Waals surface area contributed by atoms with E-state index in [9.17, 15) is 0 Å². The average molecular weight is 431 g/mol. The normalized spacial score (nSPS) is 13.3. The van der Waals surface area contributed by atoms with Crippen molar-refractivity contribution in [2.24, 2.45) is 0 Å². The second-order valence-corrected chi connectivity index (χ2v) is 8.93. The van der Waals surface area contributed by atoms with Gasteiger partial charge in [0.25, 0.3) is 0 Å². The highest BCUT2D eigenvalue weighted by molar-refractivity contribution is 7.21. The molecular formula is C26H30N4S. The Hall–Kier alpha value is -2.79. The zero-order valence-electron chi connectivity index (χ0n) is 18.4. The first-order chi connectivity index (χ1) is 15.3. The van der Waals surface area contributed by atoms with Gasteiger partial charge in [-0.3, -0.25) is 4.98 Å². The van der Waals surface area contributed by atoms with Crippen LogP contribution in [0.25, 0.3) is 31.9 Å². The largest absolute Gasteiger partial charge is 0.357 e. The van der Waals surface area contributed by atoms with Gasteiger partial charge in [0, 0.05) is 53.1 Å². The maximum atomic E-state index is 4.86. The fourth-order valence-corrected chi connectivity index (χ4v) is 4.78. The number of aromatic nitrogens is 3. The summed E-state index contributed by atoms with van der Waals surface area (Å²) in [5, 5.41) is 1.17. The molecule has 0 aliphatic carbocycles. The number of unbranched alkanes of at least 4 members (excludes halogenated alkanes) is 2. The predicted octanol–water partition coefficient (Wildman–Crippen LogP) is 7.22. The van der Waals surface area contributed by atoms with Crippen LogP contribution in [0.1, 0.15) is 46.0 Å². The lowest BCUT2D eigenvalue weighted by molar-refractivity contribution is 0.772. The maximum absolute atomic E-state index is 4.86. The molecule has 0 unspecified atom stereocenters. The third kappa shape index (κ3) is 5.28. The molecule has 1 aliphatic heterocycles. The lowest BCUT2D eigenvalue weighted by Gasteiger charge is -2.16. The van der Waals surface area contributed by atoms with Gasteiger partial charge in [-0.05, 0) is 49.2 Å². The number of rotatable bonds is 5. The molecule has 1 saturated heterocycles. The van der Waals surface area contributed by atoms with Crippen LogP contribution in [0.3, 0.4) is 0 Å². The molecule has 0 bridgehead atoms. The van der Waals surface area contributed by atoms with E-state index in [2.05, 4.69) is 65.1 Å². The third-order valence-corrected chi connectivity index (χ3v) is 6.60. The SMILES string of the molecule is CCCCC.c1cncc(-c2cc3ccc(-c4ccc(N5CCCC5)nc4)nc3s2)c1. The summed E-state index contributed by atoms with van der Waals surface area (Å²) in [4.78, 5) is 18.3. The van der Waals surface area contributed by atoms with Crippen molar-refractivity contribution in [3.8, 4) is 21.7 Å². The Morgan fingerprint density at radius 2 is 1.77 bits per heavy atom. The summed E-state index contributed by atoms with van der Waals surface area (Å²) in [7, 11) is 0. The standard InChI is InChI=1S/C21H18N4S.C5H12/c1-2-11-25(10-1)20-8-6-16(14-23-20)18-7-5-15-12-19(26-21(15)24-18)17-4-3-9-22-13-17;1-3-5-4-2/h3-9,12-14H,1-2,10-11H2;3-5H2,1-2H3. The quantitative estimate of drug-likeness (QED) is 0.335. The van der Waals surface area contributed by atoms with Crippen molar-refractivity contribution < 1.29 is 0 Å². The van der Waals surface area contributed by atoms with Gasteiger partial charge in [-0.15, -0.1) is 11.3 Å². The second-order valence-electron chi connectivity index (χ2n) is 7.90. The third-order valence-electron chi connectivity index (χ3n) is 5.51. The van der Waals surface area contributed by atoms with Crippen LogP contribution in [-0.2, 0) is 0 Å². The molecule has 0 aromatic carbocycles. The van der Waals surface area contributed by atoms with Crippen molar-refractivity contribution in [1.29, 1.82) is 0 Å². The van der Waals surface area contributed by atoms with Crippen molar-refractivity contribution in [2.75, 3.05) is 18.0 Å². The van der Waals surface area contributed by atoms with Crippen molar-refractivity contribution in [2.45, 2.75) is 46.0 Å². The molecule has 0 spiro atoms. The highest BCUT2D eigenvalue weighted by atomic mass is 32.1. The van der Waals surface area contributed by atoms with Gasteiger partial charge >= 0.3 is 0 Å². The molecule has 1 fully saturated rings. The van der Waals surface area contributed by atoms with E-state index >= 15 is 0 Å². The van der Waals surface area contributed by atoms with Crippen molar-refractivity contribution >= 4 is 27.4 Å². The van der Waals surface area contributed by atoms with Crippen LogP contribution < -0.4 is 4.90 Å². The van der Waals surface area contributed by atoms with E-state index in [-0.39, 0.29) is 0 Å². The minimum Gasteiger partial charge on any atom is -0.357 e. The van der Waals surface area contributed by atoms with Gasteiger partial charge in [0.2, 0.25) is 0 Å². The van der Waals surface area contributed by atoms with E-state index in [4.69, 9.17) is 4.98 Å². The number of thiophene rings is 1. The summed E-state index contributed by atoms with van der Waals surface area (Å²) in [5.74, 6) is 1.07. The Morgan fingerprint density at radius 3 is 2.42 bits per heavy atom. The Labute approximate surface area is 189 Å². The van der Waals surface area contributed by atoms with Crippen molar-refractivity contribution in [3.05, 3.63) is 61.1 Å². The summed E-state index contributed by atoms with van der Waals surface area (Å²) >= 11 is 1.70. The van der Waals surface area contributed by atoms with Crippen LogP contribution in [0.2, 0.25) is 0 Å². The second kappa shape index (κ2) is 10.5. The van der Waals surface area contributed by atoms with Crippen LogP contribution in [0, 0.1) is 0 Å². The number of anilines is 1. The van der Waals surface area contributed by atoms with E-state index in [1.807, 2.05) is 18.5 Å². The van der Waals surface area contributed by atoms with Crippen LogP contribution in [0.15, 0.2) is 61.1 Å². The Balaban J connectivity index is 0.000000418. The number of hydrogen-bond acceptors (Lipinski definition) is 5. The van der Waals surface area contributed by atoms with Crippen LogP contribution in [0.4, 0.5) is 5.82 Å². The Kier molecular flexibility index (Phi) is 7.26. The highest BCUT2D eigenvalue weighted by Gasteiger charge is 2.14. The number of fused-ring (bicyclic) bond motifs is 1. The molecule has 4 aromatic rings. The molecule has 160 valence electrons. The molecule has 0 atom stereocenters. The molecule has 4 nitrogen and oxygen atoms in total. The Bertz CT molecular complexity index is 1080. The van der Waals surface area contributed by atoms with Gasteiger partial charge in [-0.1, -0.05) is 39.2 Å². The predicted molar refractivity (Wildman–Crippen MR) is 133 cm³/mol. The lowest BCUT2D eigenvalue weighted by atomic mass is 10.1. The summed E-state index contributed by atoms with van der Waals surface area (Å²) in [6.07, 6.45) is 12.2. The van der Waals surface area contributed by atoms with Crippen molar-refractivity contribution in [1.82, 2.24) is 15.0 Å². The molecule has 5 rings (SSSR count). The van der Waals surface area contributed by atoms with E-state index in [1.54, 1.807) is 17.5 Å². The van der Waals surface area contributed by atoms with Crippen LogP contribution in [-0.4, -0.2) is 28.0 Å². The van der Waals surface area contributed by atoms with Gasteiger partial charge in [-0.25, -0.2) is 9.97 Å². The summed E-state index contributed by atoms with van der Waals surface area (Å²) in [6.45, 7) is 6.65. The molecular weight excluding hydrogens is 400 g/mol. The maximum Gasteiger partial charge on any atom is 0.128 e. The molecule has 0 amide bonds. The minimum absolute atomic E-state index is 0.970. The van der Waals surface area contributed by atoms with Gasteiger partial charge in [0.15, 0.2) is 0 Å². The van der Waals surface area contributed by atoms with E-state index < -0.39 is 0 Å². The zero-order chi connectivity index (χ0) is 21.5. The average Bonchev–Trinajstić information content (AvgIpc) is 3.51. The highest BCUT2D eigenvalue weighted by Crippen LogP contribution is 2.33. The van der Waals surface area contributed by atoms with Gasteiger partial charge in [-0.2, -0.15) is 0 Å². The van der Waals surface area contributed by atoms with Crippen LogP contribution in [0.5, 0.6) is 0 Å². The minimum atomic E-state index is 0.970. The fraction of sp³-hybridized carbons (Fsp3) is 0.346. The zero-order valence-corrected chi connectivity index (χ0v) is 19.2. The van der Waals surface area contributed by atoms with Crippen molar-refractivity contribution in [3.63, 3.8) is 0 Å². The number of hydrogen-bond donors (Lipinski definition) is 0. The van der Waals surface area contributed by atoms with E-state index in [1.165, 1.54) is 42.4 Å². The monoisotopic (exact) mass is 430 g/mol. The van der Waals surface area contributed by atoms with E-state index in [0.717, 1.165) is 40.6 Å². The van der Waals surface area contributed by atoms with Gasteiger partial charge in [0.1, 0.15) is 10.6 Å². The number of pyridine rings is 3. The summed E-state index contributed by atoms with van der Waals surface area (Å²) in [6, 6.07) is 14.7. The first-order valence-corrected chi connectivity index (χ1v) is 12.1.